The lowest BCUT2D eigenvalue weighted by molar-refractivity contribution is 0.0688. The number of aryl methyl sites for hydroxylation is 4. The third kappa shape index (κ3) is 4.42. The lowest BCUT2D eigenvalue weighted by atomic mass is 9.85. The number of carbonyl (C=O) groups is 2. The standard InChI is InChI=1S/C26H28O4S/c1-5-15-13-20(25(27)28)14-16(6-2)23(15)19-11-17(7-3)24(18(8-4)12-19)21-9-10-22(31-21)26(29)30/h9-14H,5-8H2,1-4H3,(H,27,28)(H,29,30). The second-order valence-electron chi connectivity index (χ2n) is 7.53. The average Bonchev–Trinajstić information content (AvgIpc) is 3.27. The quantitative estimate of drug-likeness (QED) is 0.411. The maximum atomic E-state index is 11.6. The molecule has 1 aromatic heterocycles. The molecule has 5 heteroatoms. The van der Waals surface area contributed by atoms with E-state index in [0.717, 1.165) is 58.4 Å². The number of benzene rings is 2. The average molecular weight is 437 g/mol. The fourth-order valence-corrected chi connectivity index (χ4v) is 5.15. The first-order valence-electron chi connectivity index (χ1n) is 10.7. The van der Waals surface area contributed by atoms with Gasteiger partial charge in [-0.15, -0.1) is 11.3 Å². The first kappa shape index (κ1) is 22.8. The van der Waals surface area contributed by atoms with Gasteiger partial charge in [0.05, 0.1) is 5.56 Å². The summed E-state index contributed by atoms with van der Waals surface area (Å²) in [5.41, 5.74) is 8.14. The van der Waals surface area contributed by atoms with E-state index in [9.17, 15) is 19.8 Å². The zero-order valence-corrected chi connectivity index (χ0v) is 19.2. The predicted octanol–water partition coefficient (Wildman–Crippen LogP) is 6.73. The van der Waals surface area contributed by atoms with Crippen molar-refractivity contribution < 1.29 is 19.8 Å². The van der Waals surface area contributed by atoms with Gasteiger partial charge in [0.2, 0.25) is 0 Å². The van der Waals surface area contributed by atoms with E-state index in [-0.39, 0.29) is 0 Å². The minimum atomic E-state index is -0.901. The van der Waals surface area contributed by atoms with Gasteiger partial charge >= 0.3 is 11.9 Å². The molecule has 0 fully saturated rings. The highest BCUT2D eigenvalue weighted by molar-refractivity contribution is 7.17. The van der Waals surface area contributed by atoms with E-state index < -0.39 is 11.9 Å². The minimum absolute atomic E-state index is 0.334. The Balaban J connectivity index is 2.27. The van der Waals surface area contributed by atoms with Crippen LogP contribution in [0.25, 0.3) is 21.6 Å². The van der Waals surface area contributed by atoms with E-state index in [4.69, 9.17) is 0 Å². The molecule has 3 rings (SSSR count). The van der Waals surface area contributed by atoms with Gasteiger partial charge in [-0.3, -0.25) is 0 Å². The highest BCUT2D eigenvalue weighted by atomic mass is 32.1. The lowest BCUT2D eigenvalue weighted by Crippen LogP contribution is -2.04. The van der Waals surface area contributed by atoms with Crippen LogP contribution >= 0.6 is 11.3 Å². The minimum Gasteiger partial charge on any atom is -0.478 e. The van der Waals surface area contributed by atoms with Crippen LogP contribution in [-0.4, -0.2) is 22.2 Å². The molecule has 0 spiro atoms. The summed E-state index contributed by atoms with van der Waals surface area (Å²) in [7, 11) is 0. The van der Waals surface area contributed by atoms with Crippen molar-refractivity contribution in [3.8, 4) is 21.6 Å². The van der Waals surface area contributed by atoms with Crippen molar-refractivity contribution in [2.24, 2.45) is 0 Å². The maximum Gasteiger partial charge on any atom is 0.345 e. The fraction of sp³-hybridized carbons (Fsp3) is 0.308. The van der Waals surface area contributed by atoms with E-state index in [1.807, 2.05) is 6.07 Å². The van der Waals surface area contributed by atoms with Gasteiger partial charge in [0.15, 0.2) is 0 Å². The molecule has 0 radical (unpaired) electrons. The Labute approximate surface area is 187 Å². The molecule has 2 N–H and O–H groups in total. The van der Waals surface area contributed by atoms with Crippen LogP contribution in [-0.2, 0) is 25.7 Å². The molecule has 0 bridgehead atoms. The molecule has 31 heavy (non-hydrogen) atoms. The molecule has 0 aliphatic heterocycles. The van der Waals surface area contributed by atoms with Crippen LogP contribution in [0.2, 0.25) is 0 Å². The molecule has 0 aliphatic rings. The topological polar surface area (TPSA) is 74.6 Å². The predicted molar refractivity (Wildman–Crippen MR) is 127 cm³/mol. The largest absolute Gasteiger partial charge is 0.478 e. The number of carboxylic acid groups (broad SMARTS) is 2. The Hall–Kier alpha value is -2.92. The zero-order valence-electron chi connectivity index (χ0n) is 18.4. The molecule has 1 heterocycles. The third-order valence-electron chi connectivity index (χ3n) is 5.73. The molecule has 0 saturated heterocycles. The molecule has 162 valence electrons. The number of aromatic carboxylic acids is 2. The van der Waals surface area contributed by atoms with Gasteiger partial charge in [0.25, 0.3) is 0 Å². The van der Waals surface area contributed by atoms with Crippen LogP contribution in [0, 0.1) is 0 Å². The molecule has 4 nitrogen and oxygen atoms in total. The summed E-state index contributed by atoms with van der Waals surface area (Å²) < 4.78 is 0. The van der Waals surface area contributed by atoms with Crippen molar-refractivity contribution in [2.75, 3.05) is 0 Å². The van der Waals surface area contributed by atoms with E-state index >= 15 is 0 Å². The summed E-state index contributed by atoms with van der Waals surface area (Å²) in [6.45, 7) is 8.34. The molecule has 3 aromatic rings. The van der Waals surface area contributed by atoms with Crippen molar-refractivity contribution in [1.82, 2.24) is 0 Å². The summed E-state index contributed by atoms with van der Waals surface area (Å²) >= 11 is 1.31. The van der Waals surface area contributed by atoms with Crippen LogP contribution in [0.1, 0.15) is 70.0 Å². The third-order valence-corrected chi connectivity index (χ3v) is 6.82. The van der Waals surface area contributed by atoms with Gasteiger partial charge in [0, 0.05) is 4.88 Å². The highest BCUT2D eigenvalue weighted by Crippen LogP contribution is 2.39. The van der Waals surface area contributed by atoms with Crippen LogP contribution in [0.15, 0.2) is 36.4 Å². The maximum absolute atomic E-state index is 11.6. The first-order chi connectivity index (χ1) is 14.8. The molecule has 0 unspecified atom stereocenters. The Morgan fingerprint density at radius 1 is 0.710 bits per heavy atom. The monoisotopic (exact) mass is 436 g/mol. The smallest absolute Gasteiger partial charge is 0.345 e. The number of rotatable bonds is 8. The van der Waals surface area contributed by atoms with Gasteiger partial charge in [-0.2, -0.15) is 0 Å². The first-order valence-corrected chi connectivity index (χ1v) is 11.5. The van der Waals surface area contributed by atoms with Crippen molar-refractivity contribution in [1.29, 1.82) is 0 Å². The van der Waals surface area contributed by atoms with Crippen molar-refractivity contribution in [3.05, 3.63) is 69.1 Å². The summed E-state index contributed by atoms with van der Waals surface area (Å²) in [4.78, 5) is 24.3. The van der Waals surface area contributed by atoms with E-state index in [0.29, 0.717) is 10.4 Å². The SMILES string of the molecule is CCc1cc(C(=O)O)cc(CC)c1-c1cc(CC)c(-c2ccc(C(=O)O)s2)c(CC)c1. The summed E-state index contributed by atoms with van der Waals surface area (Å²) in [5, 5.41) is 18.8. The molecule has 0 saturated carbocycles. The summed E-state index contributed by atoms with van der Waals surface area (Å²) in [6, 6.07) is 11.6. The molecule has 0 aliphatic carbocycles. The van der Waals surface area contributed by atoms with Crippen LogP contribution in [0.3, 0.4) is 0 Å². The normalized spacial score (nSPS) is 11.0. The van der Waals surface area contributed by atoms with Crippen LogP contribution in [0.4, 0.5) is 0 Å². The lowest BCUT2D eigenvalue weighted by Gasteiger charge is -2.19. The Bertz CT molecular complexity index is 1090. The summed E-state index contributed by atoms with van der Waals surface area (Å²) in [5.74, 6) is -1.80. The second kappa shape index (κ2) is 9.48. The van der Waals surface area contributed by atoms with E-state index in [1.165, 1.54) is 22.5 Å². The van der Waals surface area contributed by atoms with Crippen molar-refractivity contribution >= 4 is 23.3 Å². The van der Waals surface area contributed by atoms with Gasteiger partial charge in [-0.25, -0.2) is 9.59 Å². The number of carboxylic acids is 2. The Morgan fingerprint density at radius 2 is 1.19 bits per heavy atom. The number of hydrogen-bond donors (Lipinski definition) is 2. The molecular formula is C26H28O4S. The Morgan fingerprint density at radius 3 is 1.58 bits per heavy atom. The van der Waals surface area contributed by atoms with E-state index in [2.05, 4.69) is 39.8 Å². The summed E-state index contributed by atoms with van der Waals surface area (Å²) in [6.07, 6.45) is 3.15. The Kier molecular flexibility index (Phi) is 6.96. The molecule has 0 atom stereocenters. The van der Waals surface area contributed by atoms with Gasteiger partial charge in [-0.05, 0) is 88.9 Å². The number of hydrogen-bond acceptors (Lipinski definition) is 3. The number of thiophene rings is 1. The highest BCUT2D eigenvalue weighted by Gasteiger charge is 2.19. The van der Waals surface area contributed by atoms with Crippen LogP contribution < -0.4 is 0 Å². The van der Waals surface area contributed by atoms with Gasteiger partial charge < -0.3 is 10.2 Å². The van der Waals surface area contributed by atoms with Crippen molar-refractivity contribution in [3.63, 3.8) is 0 Å². The van der Waals surface area contributed by atoms with E-state index in [1.54, 1.807) is 18.2 Å². The molecular weight excluding hydrogens is 408 g/mol. The molecule has 0 amide bonds. The fourth-order valence-electron chi connectivity index (χ4n) is 4.19. The second-order valence-corrected chi connectivity index (χ2v) is 8.61. The van der Waals surface area contributed by atoms with Gasteiger partial charge in [0.1, 0.15) is 4.88 Å². The molecule has 2 aromatic carbocycles. The van der Waals surface area contributed by atoms with Crippen LogP contribution in [0.5, 0.6) is 0 Å². The van der Waals surface area contributed by atoms with Gasteiger partial charge in [-0.1, -0.05) is 39.8 Å². The zero-order chi connectivity index (χ0) is 22.7. The van der Waals surface area contributed by atoms with Crippen molar-refractivity contribution in [2.45, 2.75) is 53.4 Å².